The molecule has 0 saturated carbocycles. The smallest absolute Gasteiger partial charge is 0.233 e. The average Bonchev–Trinajstić information content (AvgIpc) is 2.84. The van der Waals surface area contributed by atoms with E-state index in [1.54, 1.807) is 42.5 Å². The van der Waals surface area contributed by atoms with Crippen molar-refractivity contribution in [3.05, 3.63) is 133 Å². The van der Waals surface area contributed by atoms with Crippen molar-refractivity contribution in [2.45, 2.75) is 19.3 Å². The lowest BCUT2D eigenvalue weighted by Crippen LogP contribution is -2.18. The van der Waals surface area contributed by atoms with Crippen molar-refractivity contribution >= 4 is 17.6 Å². The molecular formula is C25H22N6O4-2. The minimum atomic E-state index is -0.436. The highest BCUT2D eigenvalue weighted by atomic mass is 16.3. The standard InChI is InChI=1S/C15H16O2.C10H6O2.2N3/c1-15(2,11-3-7-13(16)8-4-11)12-5-9-14(17)10-6-12;11-9-6-5-7-3-1-2-4-8(7)10(9)12;2*1-3-2/h3-10,16-17H,1-2H3;1-6H;;/q;;2*-1. The Morgan fingerprint density at radius 1 is 0.657 bits per heavy atom. The van der Waals surface area contributed by atoms with Gasteiger partial charge in [-0.3, -0.25) is 19.4 Å². The molecule has 4 rings (SSSR count). The molecule has 0 atom stereocenters. The number of phenolic OH excluding ortho intramolecular Hbond substituents is 2. The zero-order chi connectivity index (χ0) is 26.4. The van der Waals surface area contributed by atoms with E-state index in [9.17, 15) is 19.8 Å². The van der Waals surface area contributed by atoms with Crippen molar-refractivity contribution in [2.24, 2.45) is 0 Å². The lowest BCUT2D eigenvalue weighted by Gasteiger charge is -2.26. The number of hydrogen-bond acceptors (Lipinski definition) is 4. The van der Waals surface area contributed by atoms with Gasteiger partial charge in [-0.15, -0.1) is 0 Å². The number of ketones is 2. The van der Waals surface area contributed by atoms with E-state index in [-0.39, 0.29) is 16.9 Å². The number of allylic oxidation sites excluding steroid dienone is 1. The van der Waals surface area contributed by atoms with Gasteiger partial charge < -0.3 is 32.3 Å². The summed E-state index contributed by atoms with van der Waals surface area (Å²) in [6.07, 6.45) is 2.98. The fourth-order valence-electron chi connectivity index (χ4n) is 3.15. The van der Waals surface area contributed by atoms with Crippen molar-refractivity contribution in [3.63, 3.8) is 0 Å². The molecule has 10 nitrogen and oxygen atoms in total. The molecule has 0 heterocycles. The lowest BCUT2D eigenvalue weighted by atomic mass is 9.78. The van der Waals surface area contributed by atoms with E-state index < -0.39 is 11.6 Å². The van der Waals surface area contributed by atoms with E-state index in [2.05, 4.69) is 13.8 Å². The zero-order valence-electron chi connectivity index (χ0n) is 19.0. The molecule has 0 amide bonds. The van der Waals surface area contributed by atoms with Gasteiger partial charge in [-0.25, -0.2) is 0 Å². The minimum Gasteiger partial charge on any atom is -0.508 e. The molecule has 10 heteroatoms. The highest BCUT2D eigenvalue weighted by molar-refractivity contribution is 6.49. The molecule has 1 aliphatic rings. The van der Waals surface area contributed by atoms with Crippen LogP contribution in [0.5, 0.6) is 11.5 Å². The molecule has 0 bridgehead atoms. The first-order valence-electron chi connectivity index (χ1n) is 10.0. The van der Waals surface area contributed by atoms with Crippen LogP contribution in [0.25, 0.3) is 38.0 Å². The highest BCUT2D eigenvalue weighted by Gasteiger charge is 2.23. The molecule has 0 saturated heterocycles. The third kappa shape index (κ3) is 8.11. The first-order valence-corrected chi connectivity index (χ1v) is 10.0. The lowest BCUT2D eigenvalue weighted by molar-refractivity contribution is -0.110. The van der Waals surface area contributed by atoms with E-state index >= 15 is 0 Å². The van der Waals surface area contributed by atoms with Gasteiger partial charge in [-0.2, -0.15) is 0 Å². The molecule has 1 aliphatic carbocycles. The van der Waals surface area contributed by atoms with Crippen molar-refractivity contribution in [1.29, 1.82) is 0 Å². The molecule has 0 fully saturated rings. The van der Waals surface area contributed by atoms with Crippen LogP contribution in [0.3, 0.4) is 0 Å². The Hall–Kier alpha value is -5.04. The Bertz CT molecular complexity index is 1190. The van der Waals surface area contributed by atoms with Gasteiger partial charge in [0.25, 0.3) is 0 Å². The molecule has 0 aliphatic heterocycles. The topological polar surface area (TPSA) is 192 Å². The van der Waals surface area contributed by atoms with Crippen LogP contribution in [0.15, 0.2) is 78.9 Å². The van der Waals surface area contributed by atoms with Gasteiger partial charge in [0.2, 0.25) is 11.6 Å². The van der Waals surface area contributed by atoms with Gasteiger partial charge in [0.05, 0.1) is 0 Å². The summed E-state index contributed by atoms with van der Waals surface area (Å²) in [5.74, 6) is -0.299. The fourth-order valence-corrected chi connectivity index (χ4v) is 3.15. The second kappa shape index (κ2) is 13.5. The number of benzene rings is 3. The number of carbonyl (C=O) groups is 2. The predicted octanol–water partition coefficient (Wildman–Crippen LogP) is 6.62. The SMILES string of the molecule is CC(C)(c1ccc(O)cc1)c1ccc(O)cc1.O=C1C=Cc2ccccc2C1=O.[N-]=[N+]=[N-].[N-]=[N+]=[N-]. The maximum atomic E-state index is 11.2. The van der Waals surface area contributed by atoms with Gasteiger partial charge >= 0.3 is 0 Å². The molecule has 178 valence electrons. The summed E-state index contributed by atoms with van der Waals surface area (Å²) in [5.41, 5.74) is 30.4. The molecule has 35 heavy (non-hydrogen) atoms. The molecule has 3 aromatic carbocycles. The first kappa shape index (κ1) is 28.0. The van der Waals surface area contributed by atoms with E-state index in [0.717, 1.165) is 16.7 Å². The van der Waals surface area contributed by atoms with Crippen molar-refractivity contribution in [1.82, 2.24) is 0 Å². The maximum absolute atomic E-state index is 11.2. The van der Waals surface area contributed by atoms with Crippen LogP contribution in [-0.4, -0.2) is 21.8 Å². The molecule has 0 aromatic heterocycles. The number of fused-ring (bicyclic) bond motifs is 1. The largest absolute Gasteiger partial charge is 0.508 e. The van der Waals surface area contributed by atoms with Gasteiger partial charge in [-0.05, 0) is 47.0 Å². The molecular weight excluding hydrogens is 448 g/mol. The summed E-state index contributed by atoms with van der Waals surface area (Å²) < 4.78 is 0. The van der Waals surface area contributed by atoms with Crippen LogP contribution in [0.2, 0.25) is 0 Å². The van der Waals surface area contributed by atoms with Crippen molar-refractivity contribution < 1.29 is 19.8 Å². The minimum absolute atomic E-state index is 0.151. The van der Waals surface area contributed by atoms with E-state index in [1.165, 1.54) is 15.9 Å². The third-order valence-corrected chi connectivity index (χ3v) is 5.02. The normalized spacial score (nSPS) is 11.0. The quantitative estimate of drug-likeness (QED) is 0.184. The summed E-state index contributed by atoms with van der Waals surface area (Å²) in [5, 5.41) is 18.6. The average molecular weight is 470 g/mol. The first-order chi connectivity index (χ1) is 16.6. The number of phenols is 2. The second-order valence-corrected chi connectivity index (χ2v) is 7.51. The number of rotatable bonds is 2. The number of nitrogens with zero attached hydrogens (tertiary/aromatic N) is 6. The van der Waals surface area contributed by atoms with Gasteiger partial charge in [-0.1, -0.05) is 68.5 Å². The van der Waals surface area contributed by atoms with Gasteiger partial charge in [0.15, 0.2) is 0 Å². The van der Waals surface area contributed by atoms with Crippen molar-refractivity contribution in [3.8, 4) is 11.5 Å². The molecule has 0 spiro atoms. The Kier molecular flexibility index (Phi) is 10.8. The van der Waals surface area contributed by atoms with Crippen LogP contribution >= 0.6 is 0 Å². The molecule has 0 unspecified atom stereocenters. The van der Waals surface area contributed by atoms with Crippen LogP contribution < -0.4 is 0 Å². The van der Waals surface area contributed by atoms with Gasteiger partial charge in [0.1, 0.15) is 11.5 Å². The van der Waals surface area contributed by atoms with Crippen LogP contribution in [0, 0.1) is 0 Å². The number of aromatic hydroxyl groups is 2. The summed E-state index contributed by atoms with van der Waals surface area (Å²) in [6.45, 7) is 4.23. The maximum Gasteiger partial charge on any atom is 0.233 e. The van der Waals surface area contributed by atoms with Gasteiger partial charge in [0, 0.05) is 11.0 Å². The van der Waals surface area contributed by atoms with Crippen LogP contribution in [0.1, 0.15) is 40.9 Å². The predicted molar refractivity (Wildman–Crippen MR) is 133 cm³/mol. The highest BCUT2D eigenvalue weighted by Crippen LogP contribution is 2.32. The molecule has 0 radical (unpaired) electrons. The number of Topliss-reactive ketones (excluding diaryl/α,β-unsaturated/α-hetero) is 1. The fraction of sp³-hybridized carbons (Fsp3) is 0.120. The summed E-state index contributed by atoms with van der Waals surface area (Å²) in [6, 6.07) is 21.5. The van der Waals surface area contributed by atoms with E-state index in [0.29, 0.717) is 5.56 Å². The second-order valence-electron chi connectivity index (χ2n) is 7.51. The van der Waals surface area contributed by atoms with Crippen molar-refractivity contribution in [2.75, 3.05) is 0 Å². The van der Waals surface area contributed by atoms with E-state index in [1.807, 2.05) is 36.4 Å². The monoisotopic (exact) mass is 470 g/mol. The zero-order valence-corrected chi connectivity index (χ0v) is 19.0. The Morgan fingerprint density at radius 2 is 1.06 bits per heavy atom. The van der Waals surface area contributed by atoms with Crippen LogP contribution in [-0.2, 0) is 10.2 Å². The van der Waals surface area contributed by atoms with Crippen LogP contribution in [0.4, 0.5) is 0 Å². The molecule has 3 aromatic rings. The summed E-state index contributed by atoms with van der Waals surface area (Å²) in [4.78, 5) is 25.1. The summed E-state index contributed by atoms with van der Waals surface area (Å²) in [7, 11) is 0. The third-order valence-electron chi connectivity index (χ3n) is 5.02. The molecule has 2 N–H and O–H groups in total. The number of hydrogen-bond donors (Lipinski definition) is 2. The van der Waals surface area contributed by atoms with E-state index in [4.69, 9.17) is 22.1 Å². The summed E-state index contributed by atoms with van der Waals surface area (Å²) >= 11 is 0. The Balaban J connectivity index is 0.000000296. The Morgan fingerprint density at radius 3 is 1.49 bits per heavy atom. The number of carbonyl (C=O) groups excluding carboxylic acids is 2. The Labute approximate surface area is 201 Å².